The summed E-state index contributed by atoms with van der Waals surface area (Å²) < 4.78 is 6.07. The van der Waals surface area contributed by atoms with E-state index in [4.69, 9.17) is 0 Å². The van der Waals surface area contributed by atoms with Gasteiger partial charge >= 0.3 is 5.97 Å². The van der Waals surface area contributed by atoms with Crippen molar-refractivity contribution in [1.29, 1.82) is 0 Å². The van der Waals surface area contributed by atoms with E-state index >= 15 is 0 Å². The normalized spacial score (nSPS) is 10.2. The Morgan fingerprint density at radius 3 is 2.47 bits per heavy atom. The number of carbonyl (C=O) groups excluding carboxylic acids is 2. The molecule has 3 N–H and O–H groups in total. The quantitative estimate of drug-likeness (QED) is 0.527. The number of nitrogens with one attached hydrogen (secondary N) is 3. The van der Waals surface area contributed by atoms with Crippen LogP contribution in [0.3, 0.4) is 0 Å². The Bertz CT molecular complexity index is 1140. The van der Waals surface area contributed by atoms with Gasteiger partial charge in [-0.05, 0) is 24.3 Å². The van der Waals surface area contributed by atoms with Crippen LogP contribution in [0, 0.1) is 0 Å². The van der Waals surface area contributed by atoms with Gasteiger partial charge in [0.1, 0.15) is 17.3 Å². The van der Waals surface area contributed by atoms with Crippen LogP contribution in [-0.2, 0) is 11.8 Å². The SMILES string of the molecule is CNC(=O)c1cnc(Nc2ccc(C(=O)OC)cn2)cc1Nc1cccn(C)c1=O. The van der Waals surface area contributed by atoms with Crippen LogP contribution < -0.4 is 21.5 Å². The van der Waals surface area contributed by atoms with E-state index in [1.807, 2.05) is 0 Å². The lowest BCUT2D eigenvalue weighted by Gasteiger charge is -2.13. The van der Waals surface area contributed by atoms with E-state index in [-0.39, 0.29) is 17.0 Å². The molecule has 3 rings (SSSR count). The summed E-state index contributed by atoms with van der Waals surface area (Å²) in [5, 5.41) is 8.54. The topological polar surface area (TPSA) is 127 Å². The van der Waals surface area contributed by atoms with Gasteiger partial charge in [-0.3, -0.25) is 9.59 Å². The van der Waals surface area contributed by atoms with Crippen molar-refractivity contribution in [1.82, 2.24) is 19.9 Å². The molecule has 3 aromatic heterocycles. The predicted octanol–water partition coefficient (Wildman–Crippen LogP) is 1.81. The van der Waals surface area contributed by atoms with Gasteiger partial charge in [0.15, 0.2) is 0 Å². The first-order valence-corrected chi connectivity index (χ1v) is 8.89. The van der Waals surface area contributed by atoms with Crippen LogP contribution in [0.2, 0.25) is 0 Å². The molecule has 0 radical (unpaired) electrons. The zero-order valence-corrected chi connectivity index (χ0v) is 16.6. The molecular formula is C20H20N6O4. The van der Waals surface area contributed by atoms with E-state index in [1.54, 1.807) is 43.6 Å². The maximum atomic E-state index is 12.3. The molecule has 10 heteroatoms. The second-order valence-corrected chi connectivity index (χ2v) is 6.21. The van der Waals surface area contributed by atoms with Crippen LogP contribution in [0.15, 0.2) is 53.7 Å². The Morgan fingerprint density at radius 1 is 1.03 bits per heavy atom. The average Bonchev–Trinajstić information content (AvgIpc) is 2.76. The summed E-state index contributed by atoms with van der Waals surface area (Å²) in [4.78, 5) is 44.5. The van der Waals surface area contributed by atoms with Gasteiger partial charge < -0.3 is 25.3 Å². The zero-order chi connectivity index (χ0) is 21.7. The molecule has 0 saturated heterocycles. The van der Waals surface area contributed by atoms with Crippen LogP contribution in [0.25, 0.3) is 0 Å². The molecule has 0 bridgehead atoms. The molecular weight excluding hydrogens is 388 g/mol. The van der Waals surface area contributed by atoms with Crippen LogP contribution in [0.4, 0.5) is 23.0 Å². The third-order valence-electron chi connectivity index (χ3n) is 4.21. The number of hydrogen-bond acceptors (Lipinski definition) is 8. The first-order valence-electron chi connectivity index (χ1n) is 8.89. The predicted molar refractivity (Wildman–Crippen MR) is 111 cm³/mol. The molecule has 0 unspecified atom stereocenters. The minimum Gasteiger partial charge on any atom is -0.465 e. The van der Waals surface area contributed by atoms with Gasteiger partial charge in [-0.1, -0.05) is 0 Å². The van der Waals surface area contributed by atoms with E-state index in [1.165, 1.54) is 31.1 Å². The van der Waals surface area contributed by atoms with E-state index in [0.717, 1.165) is 0 Å². The lowest BCUT2D eigenvalue weighted by Crippen LogP contribution is -2.22. The number of carbonyl (C=O) groups is 2. The smallest absolute Gasteiger partial charge is 0.339 e. The standard InChI is InChI=1S/C20H20N6O4/c1-21-18(27)13-11-23-17(25-16-7-6-12(10-22-16)20(29)30-3)9-15(13)24-14-5-4-8-26(2)19(14)28/h4-11H,1-3H3,(H,21,27)(H2,22,23,24,25). The molecule has 1 amide bonds. The lowest BCUT2D eigenvalue weighted by atomic mass is 10.2. The van der Waals surface area contributed by atoms with Gasteiger partial charge in [0, 0.05) is 38.8 Å². The fraction of sp³-hybridized carbons (Fsp3) is 0.150. The molecule has 0 fully saturated rings. The summed E-state index contributed by atoms with van der Waals surface area (Å²) in [5.41, 5.74) is 1.03. The van der Waals surface area contributed by atoms with Gasteiger partial charge in [-0.15, -0.1) is 0 Å². The number of ether oxygens (including phenoxy) is 1. The second-order valence-electron chi connectivity index (χ2n) is 6.21. The van der Waals surface area contributed by atoms with Crippen molar-refractivity contribution in [2.45, 2.75) is 0 Å². The number of amides is 1. The summed E-state index contributed by atoms with van der Waals surface area (Å²) in [5.74, 6) is -0.0245. The van der Waals surface area contributed by atoms with Crippen molar-refractivity contribution in [3.63, 3.8) is 0 Å². The Morgan fingerprint density at radius 2 is 1.80 bits per heavy atom. The van der Waals surface area contributed by atoms with Crippen molar-refractivity contribution in [3.8, 4) is 0 Å². The molecule has 0 aromatic carbocycles. The van der Waals surface area contributed by atoms with Gasteiger partial charge in [-0.2, -0.15) is 0 Å². The third-order valence-corrected chi connectivity index (χ3v) is 4.21. The van der Waals surface area contributed by atoms with Crippen molar-refractivity contribution in [3.05, 3.63) is 70.4 Å². The molecule has 0 saturated carbocycles. The first kappa shape index (κ1) is 20.5. The molecule has 10 nitrogen and oxygen atoms in total. The Labute approximate surface area is 171 Å². The number of rotatable bonds is 6. The van der Waals surface area contributed by atoms with E-state index in [9.17, 15) is 14.4 Å². The van der Waals surface area contributed by atoms with Gasteiger partial charge in [0.2, 0.25) is 0 Å². The highest BCUT2D eigenvalue weighted by Gasteiger charge is 2.14. The highest BCUT2D eigenvalue weighted by molar-refractivity contribution is 6.00. The number of aryl methyl sites for hydroxylation is 1. The maximum absolute atomic E-state index is 12.3. The largest absolute Gasteiger partial charge is 0.465 e. The van der Waals surface area contributed by atoms with E-state index in [0.29, 0.717) is 28.6 Å². The molecule has 0 atom stereocenters. The summed E-state index contributed by atoms with van der Waals surface area (Å²) in [6.45, 7) is 0. The fourth-order valence-corrected chi connectivity index (χ4v) is 2.62. The number of pyridine rings is 3. The Hall–Kier alpha value is -4.21. The second kappa shape index (κ2) is 8.86. The summed E-state index contributed by atoms with van der Waals surface area (Å²) in [6, 6.07) is 8.09. The number of aromatic nitrogens is 3. The number of methoxy groups -OCH3 is 1. The van der Waals surface area contributed by atoms with Crippen LogP contribution in [0.1, 0.15) is 20.7 Å². The van der Waals surface area contributed by atoms with Gasteiger partial charge in [0.25, 0.3) is 11.5 Å². The highest BCUT2D eigenvalue weighted by atomic mass is 16.5. The zero-order valence-electron chi connectivity index (χ0n) is 16.6. The number of anilines is 4. The summed E-state index contributed by atoms with van der Waals surface area (Å²) in [7, 11) is 4.43. The lowest BCUT2D eigenvalue weighted by molar-refractivity contribution is 0.0600. The molecule has 3 aromatic rings. The van der Waals surface area contributed by atoms with E-state index in [2.05, 4.69) is 30.7 Å². The average molecular weight is 408 g/mol. The maximum Gasteiger partial charge on any atom is 0.339 e. The minimum atomic E-state index is -0.488. The van der Waals surface area contributed by atoms with Gasteiger partial charge in [-0.25, -0.2) is 14.8 Å². The number of hydrogen-bond donors (Lipinski definition) is 3. The molecule has 3 heterocycles. The van der Waals surface area contributed by atoms with Crippen molar-refractivity contribution in [2.24, 2.45) is 7.05 Å². The van der Waals surface area contributed by atoms with Crippen LogP contribution >= 0.6 is 0 Å². The molecule has 0 spiro atoms. The Balaban J connectivity index is 1.92. The molecule has 30 heavy (non-hydrogen) atoms. The molecule has 0 aliphatic carbocycles. The monoisotopic (exact) mass is 408 g/mol. The molecule has 154 valence electrons. The molecule has 0 aliphatic rings. The van der Waals surface area contributed by atoms with Crippen molar-refractivity contribution >= 4 is 34.9 Å². The molecule has 0 aliphatic heterocycles. The number of esters is 1. The van der Waals surface area contributed by atoms with Crippen LogP contribution in [-0.4, -0.2) is 40.6 Å². The Kier molecular flexibility index (Phi) is 6.06. The van der Waals surface area contributed by atoms with Crippen molar-refractivity contribution in [2.75, 3.05) is 24.8 Å². The highest BCUT2D eigenvalue weighted by Crippen LogP contribution is 2.23. The first-order chi connectivity index (χ1) is 14.4. The number of nitrogens with zero attached hydrogens (tertiary/aromatic N) is 3. The third kappa shape index (κ3) is 4.43. The fourth-order valence-electron chi connectivity index (χ4n) is 2.62. The minimum absolute atomic E-state index is 0.244. The van der Waals surface area contributed by atoms with Crippen LogP contribution in [0.5, 0.6) is 0 Å². The van der Waals surface area contributed by atoms with E-state index < -0.39 is 5.97 Å². The summed E-state index contributed by atoms with van der Waals surface area (Å²) >= 11 is 0. The van der Waals surface area contributed by atoms with Gasteiger partial charge in [0.05, 0.1) is 23.9 Å². The summed E-state index contributed by atoms with van der Waals surface area (Å²) in [6.07, 6.45) is 4.40. The van der Waals surface area contributed by atoms with Crippen molar-refractivity contribution < 1.29 is 14.3 Å².